The number of carboxylic acid groups (broad SMARTS) is 1. The van der Waals surface area contributed by atoms with Crippen LogP contribution in [0, 0.1) is 11.7 Å². The number of hydrogen-bond donors (Lipinski definition) is 1. The highest BCUT2D eigenvalue weighted by Gasteiger charge is 2.28. The van der Waals surface area contributed by atoms with Crippen molar-refractivity contribution in [1.29, 1.82) is 0 Å². The molecule has 1 heterocycles. The summed E-state index contributed by atoms with van der Waals surface area (Å²) in [6, 6.07) is 5.06. The predicted octanol–water partition coefficient (Wildman–Crippen LogP) is 3.45. The van der Waals surface area contributed by atoms with Crippen LogP contribution in [0.5, 0.6) is 0 Å². The lowest BCUT2D eigenvalue weighted by molar-refractivity contribution is -0.143. The third-order valence-electron chi connectivity index (χ3n) is 3.78. The minimum atomic E-state index is -0.725. The molecule has 1 aromatic carbocycles. The number of hydrogen-bond acceptors (Lipinski definition) is 2. The van der Waals surface area contributed by atoms with E-state index in [0.29, 0.717) is 11.0 Å². The maximum absolute atomic E-state index is 13.2. The van der Waals surface area contributed by atoms with Crippen LogP contribution < -0.4 is 0 Å². The first kappa shape index (κ1) is 14.5. The van der Waals surface area contributed by atoms with Crippen molar-refractivity contribution in [2.24, 2.45) is 5.92 Å². The predicted molar refractivity (Wildman–Crippen MR) is 74.4 cm³/mol. The van der Waals surface area contributed by atoms with E-state index in [2.05, 4.69) is 20.8 Å². The molecule has 5 heteroatoms. The second-order valence-electron chi connectivity index (χ2n) is 5.02. The van der Waals surface area contributed by atoms with Crippen LogP contribution in [0.15, 0.2) is 22.7 Å². The molecular formula is C14H17BrFNO2. The van der Waals surface area contributed by atoms with Crippen LogP contribution in [0.2, 0.25) is 0 Å². The average Bonchev–Trinajstić information content (AvgIpc) is 2.41. The normalized spacial score (nSPS) is 22.2. The first-order valence-corrected chi connectivity index (χ1v) is 7.20. The summed E-state index contributed by atoms with van der Waals surface area (Å²) in [5.41, 5.74) is 0.999. The van der Waals surface area contributed by atoms with Crippen molar-refractivity contribution < 1.29 is 14.3 Å². The Balaban J connectivity index is 2.12. The van der Waals surface area contributed by atoms with E-state index in [4.69, 9.17) is 5.11 Å². The summed E-state index contributed by atoms with van der Waals surface area (Å²) in [4.78, 5) is 13.2. The molecule has 2 rings (SSSR count). The van der Waals surface area contributed by atoms with Crippen molar-refractivity contribution in [2.75, 3.05) is 13.1 Å². The van der Waals surface area contributed by atoms with Gasteiger partial charge in [-0.3, -0.25) is 9.69 Å². The summed E-state index contributed by atoms with van der Waals surface area (Å²) >= 11 is 3.19. The molecule has 0 bridgehead atoms. The molecule has 0 aromatic heterocycles. The average molecular weight is 330 g/mol. The molecule has 3 nitrogen and oxygen atoms in total. The molecule has 19 heavy (non-hydrogen) atoms. The number of aliphatic carboxylic acids is 1. The van der Waals surface area contributed by atoms with Crippen LogP contribution in [0.1, 0.15) is 31.4 Å². The molecule has 2 atom stereocenters. The molecule has 0 amide bonds. The monoisotopic (exact) mass is 329 g/mol. The number of likely N-dealkylation sites (tertiary alicyclic amines) is 1. The Hall–Kier alpha value is -0.940. The number of carboxylic acids is 1. The summed E-state index contributed by atoms with van der Waals surface area (Å²) in [5, 5.41) is 9.11. The Bertz CT molecular complexity index is 481. The molecule has 1 N–H and O–H groups in total. The maximum Gasteiger partial charge on any atom is 0.307 e. The van der Waals surface area contributed by atoms with Crippen molar-refractivity contribution in [2.45, 2.75) is 25.8 Å². The van der Waals surface area contributed by atoms with Gasteiger partial charge in [-0.25, -0.2) is 4.39 Å². The minimum absolute atomic E-state index is 0.0963. The van der Waals surface area contributed by atoms with Gasteiger partial charge in [0.2, 0.25) is 0 Å². The summed E-state index contributed by atoms with van der Waals surface area (Å²) in [6.07, 6.45) is 1.63. The van der Waals surface area contributed by atoms with Gasteiger partial charge in [0.25, 0.3) is 0 Å². The molecule has 0 radical (unpaired) electrons. The first-order chi connectivity index (χ1) is 8.99. The van der Waals surface area contributed by atoms with Crippen molar-refractivity contribution in [1.82, 2.24) is 4.90 Å². The molecule has 0 aliphatic carbocycles. The van der Waals surface area contributed by atoms with Crippen LogP contribution in [0.4, 0.5) is 4.39 Å². The van der Waals surface area contributed by atoms with E-state index in [1.54, 1.807) is 12.1 Å². The standard InChI is InChI=1S/C14H17BrFNO2/c1-9(10-4-5-13(16)12(15)7-10)17-6-2-3-11(8-17)14(18)19/h4-5,7,9,11H,2-3,6,8H2,1H3,(H,18,19). The van der Waals surface area contributed by atoms with Crippen molar-refractivity contribution in [3.63, 3.8) is 0 Å². The van der Waals surface area contributed by atoms with Crippen LogP contribution in [-0.4, -0.2) is 29.1 Å². The quantitative estimate of drug-likeness (QED) is 0.923. The Morgan fingerprint density at radius 3 is 2.95 bits per heavy atom. The third kappa shape index (κ3) is 3.34. The van der Waals surface area contributed by atoms with E-state index in [1.807, 2.05) is 6.92 Å². The van der Waals surface area contributed by atoms with Gasteiger partial charge in [-0.2, -0.15) is 0 Å². The smallest absolute Gasteiger partial charge is 0.307 e. The van der Waals surface area contributed by atoms with E-state index in [9.17, 15) is 9.18 Å². The Morgan fingerprint density at radius 2 is 2.32 bits per heavy atom. The SMILES string of the molecule is CC(c1ccc(F)c(Br)c1)N1CCCC(C(=O)O)C1. The number of nitrogens with zero attached hydrogens (tertiary/aromatic N) is 1. The zero-order valence-corrected chi connectivity index (χ0v) is 12.4. The summed E-state index contributed by atoms with van der Waals surface area (Å²) < 4.78 is 13.7. The summed E-state index contributed by atoms with van der Waals surface area (Å²) in [7, 11) is 0. The number of halogens is 2. The van der Waals surface area contributed by atoms with E-state index in [0.717, 1.165) is 24.9 Å². The van der Waals surface area contributed by atoms with Crippen molar-refractivity contribution in [3.8, 4) is 0 Å². The molecule has 2 unspecified atom stereocenters. The topological polar surface area (TPSA) is 40.5 Å². The first-order valence-electron chi connectivity index (χ1n) is 6.41. The highest BCUT2D eigenvalue weighted by molar-refractivity contribution is 9.10. The zero-order chi connectivity index (χ0) is 14.0. The fourth-order valence-corrected chi connectivity index (χ4v) is 2.94. The second kappa shape index (κ2) is 6.01. The molecule has 1 aromatic rings. The fourth-order valence-electron chi connectivity index (χ4n) is 2.54. The maximum atomic E-state index is 13.2. The van der Waals surface area contributed by atoms with Crippen molar-refractivity contribution >= 4 is 21.9 Å². The highest BCUT2D eigenvalue weighted by atomic mass is 79.9. The lowest BCUT2D eigenvalue weighted by Gasteiger charge is -2.35. The van der Waals surface area contributed by atoms with Crippen LogP contribution in [0.25, 0.3) is 0 Å². The van der Waals surface area contributed by atoms with Gasteiger partial charge >= 0.3 is 5.97 Å². The van der Waals surface area contributed by atoms with Gasteiger partial charge in [0.05, 0.1) is 10.4 Å². The van der Waals surface area contributed by atoms with E-state index >= 15 is 0 Å². The van der Waals surface area contributed by atoms with Gasteiger partial charge in [-0.15, -0.1) is 0 Å². The largest absolute Gasteiger partial charge is 0.481 e. The van der Waals surface area contributed by atoms with Crippen LogP contribution in [-0.2, 0) is 4.79 Å². The second-order valence-corrected chi connectivity index (χ2v) is 5.88. The zero-order valence-electron chi connectivity index (χ0n) is 10.8. The molecule has 0 spiro atoms. The lowest BCUT2D eigenvalue weighted by atomic mass is 9.95. The number of rotatable bonds is 3. The fraction of sp³-hybridized carbons (Fsp3) is 0.500. The van der Waals surface area contributed by atoms with Crippen LogP contribution >= 0.6 is 15.9 Å². The molecule has 1 aliphatic rings. The Morgan fingerprint density at radius 1 is 1.58 bits per heavy atom. The minimum Gasteiger partial charge on any atom is -0.481 e. The van der Waals surface area contributed by atoms with Gasteiger partial charge < -0.3 is 5.11 Å². The number of piperidine rings is 1. The lowest BCUT2D eigenvalue weighted by Crippen LogP contribution is -2.40. The van der Waals surface area contributed by atoms with Gasteiger partial charge in [0.15, 0.2) is 0 Å². The summed E-state index contributed by atoms with van der Waals surface area (Å²) in [5.74, 6) is -1.30. The third-order valence-corrected chi connectivity index (χ3v) is 4.38. The van der Waals surface area contributed by atoms with Gasteiger partial charge in [-0.1, -0.05) is 6.07 Å². The van der Waals surface area contributed by atoms with E-state index < -0.39 is 5.97 Å². The molecular weight excluding hydrogens is 313 g/mol. The molecule has 0 saturated carbocycles. The number of carbonyl (C=O) groups is 1. The van der Waals surface area contributed by atoms with E-state index in [1.165, 1.54) is 6.07 Å². The van der Waals surface area contributed by atoms with Gasteiger partial charge in [-0.05, 0) is 59.9 Å². The summed E-state index contributed by atoms with van der Waals surface area (Å²) in [6.45, 7) is 3.48. The molecule has 1 aliphatic heterocycles. The molecule has 1 saturated heterocycles. The molecule has 104 valence electrons. The van der Waals surface area contributed by atoms with E-state index in [-0.39, 0.29) is 17.8 Å². The van der Waals surface area contributed by atoms with Crippen molar-refractivity contribution in [3.05, 3.63) is 34.1 Å². The Kier molecular flexibility index (Phi) is 4.58. The van der Waals surface area contributed by atoms with Crippen LogP contribution in [0.3, 0.4) is 0 Å². The van der Waals surface area contributed by atoms with Gasteiger partial charge in [0.1, 0.15) is 5.82 Å². The van der Waals surface area contributed by atoms with Gasteiger partial charge in [0, 0.05) is 12.6 Å². The molecule has 1 fully saturated rings. The number of benzene rings is 1. The highest BCUT2D eigenvalue weighted by Crippen LogP contribution is 2.29. The Labute approximate surface area is 120 Å².